The third kappa shape index (κ3) is 6.93. The fourth-order valence-corrected chi connectivity index (χ4v) is 5.69. The van der Waals surface area contributed by atoms with E-state index in [0.717, 1.165) is 43.7 Å². The van der Waals surface area contributed by atoms with Crippen molar-refractivity contribution < 1.29 is 4.79 Å². The van der Waals surface area contributed by atoms with Crippen LogP contribution in [0.4, 0.5) is 0 Å². The van der Waals surface area contributed by atoms with Gasteiger partial charge in [0.25, 0.3) is 0 Å². The molecule has 3 N–H and O–H groups in total. The molecule has 4 nitrogen and oxygen atoms in total. The van der Waals surface area contributed by atoms with Crippen LogP contribution < -0.4 is 11.1 Å². The van der Waals surface area contributed by atoms with E-state index < -0.39 is 5.41 Å². The van der Waals surface area contributed by atoms with Crippen LogP contribution in [0.5, 0.6) is 0 Å². The number of nitrogens with zero attached hydrogens (tertiary/aromatic N) is 1. The second-order valence-corrected chi connectivity index (χ2v) is 9.92. The monoisotopic (exact) mass is 463 g/mol. The lowest BCUT2D eigenvalue weighted by Gasteiger charge is -2.37. The molecule has 0 aliphatic carbocycles. The van der Waals surface area contributed by atoms with Crippen molar-refractivity contribution in [3.8, 4) is 0 Å². The Bertz CT molecular complexity index is 784. The highest BCUT2D eigenvalue weighted by Gasteiger charge is 2.49. The fraction of sp³-hybridized carbons (Fsp3) is 0.567. The molecule has 0 aromatic heterocycles. The Morgan fingerprint density at radius 1 is 0.882 bits per heavy atom. The first-order valence-corrected chi connectivity index (χ1v) is 13.5. The van der Waals surface area contributed by atoms with Crippen molar-refractivity contribution in [1.82, 2.24) is 10.2 Å². The molecule has 2 aromatic carbocycles. The molecule has 186 valence electrons. The Morgan fingerprint density at radius 3 is 2.00 bits per heavy atom. The van der Waals surface area contributed by atoms with Crippen molar-refractivity contribution >= 4 is 5.91 Å². The van der Waals surface area contributed by atoms with Gasteiger partial charge in [0.05, 0.1) is 0 Å². The number of amides is 1. The van der Waals surface area contributed by atoms with Gasteiger partial charge in [-0.05, 0) is 68.9 Å². The van der Waals surface area contributed by atoms with Gasteiger partial charge in [0.2, 0.25) is 5.91 Å². The molecular formula is C30H45N3O. The van der Waals surface area contributed by atoms with Crippen molar-refractivity contribution in [2.75, 3.05) is 32.7 Å². The van der Waals surface area contributed by atoms with Crippen LogP contribution in [-0.4, -0.2) is 43.5 Å². The van der Waals surface area contributed by atoms with Gasteiger partial charge >= 0.3 is 0 Å². The molecule has 0 saturated carbocycles. The zero-order valence-corrected chi connectivity index (χ0v) is 21.2. The summed E-state index contributed by atoms with van der Waals surface area (Å²) >= 11 is 0. The minimum absolute atomic E-state index is 0.191. The number of unbranched alkanes of at least 4 members (excludes halogenated alkanes) is 6. The molecule has 2 aromatic rings. The van der Waals surface area contributed by atoms with Gasteiger partial charge in [-0.25, -0.2) is 0 Å². The largest absolute Gasteiger partial charge is 0.369 e. The maximum absolute atomic E-state index is 13.2. The van der Waals surface area contributed by atoms with E-state index >= 15 is 0 Å². The Hall–Kier alpha value is -2.17. The predicted octanol–water partition coefficient (Wildman–Crippen LogP) is 5.51. The molecular weight excluding hydrogens is 418 g/mol. The van der Waals surface area contributed by atoms with Crippen molar-refractivity contribution in [3.63, 3.8) is 0 Å². The number of nitrogens with two attached hydrogens (primary N) is 1. The number of likely N-dealkylation sites (tertiary alicyclic amines) is 1. The summed E-state index contributed by atoms with van der Waals surface area (Å²) in [6, 6.07) is 20.4. The molecule has 0 spiro atoms. The highest BCUT2D eigenvalue weighted by molar-refractivity contribution is 5.91. The van der Waals surface area contributed by atoms with E-state index in [0.29, 0.717) is 0 Å². The number of hydrogen-bond donors (Lipinski definition) is 2. The highest BCUT2D eigenvalue weighted by atomic mass is 16.1. The van der Waals surface area contributed by atoms with Crippen molar-refractivity contribution in [3.05, 3.63) is 71.8 Å². The van der Waals surface area contributed by atoms with Gasteiger partial charge in [-0.15, -0.1) is 0 Å². The zero-order valence-electron chi connectivity index (χ0n) is 21.2. The summed E-state index contributed by atoms with van der Waals surface area (Å²) in [6.45, 7) is 7.63. The summed E-state index contributed by atoms with van der Waals surface area (Å²) in [5.74, 6) is -0.0437. The smallest absolute Gasteiger partial charge is 0.232 e. The highest BCUT2D eigenvalue weighted by Crippen LogP contribution is 2.43. The minimum atomic E-state index is -0.775. The number of carbonyl (C=O) groups is 1. The van der Waals surface area contributed by atoms with Gasteiger partial charge in [0.1, 0.15) is 5.41 Å². The maximum atomic E-state index is 13.2. The molecule has 0 radical (unpaired) electrons. The minimum Gasteiger partial charge on any atom is -0.369 e. The summed E-state index contributed by atoms with van der Waals surface area (Å²) in [5, 5.41) is 3.48. The molecule has 34 heavy (non-hydrogen) atoms. The Labute approximate surface area is 207 Å². The summed E-state index contributed by atoms with van der Waals surface area (Å²) in [6.07, 6.45) is 11.5. The van der Waals surface area contributed by atoms with Gasteiger partial charge in [-0.3, -0.25) is 4.79 Å². The molecule has 1 amide bonds. The molecule has 1 heterocycles. The molecule has 1 unspecified atom stereocenters. The van der Waals surface area contributed by atoms with Crippen LogP contribution in [0.2, 0.25) is 0 Å². The van der Waals surface area contributed by atoms with Crippen LogP contribution in [0, 0.1) is 5.92 Å². The first kappa shape index (κ1) is 26.4. The zero-order chi connectivity index (χ0) is 24.1. The number of nitrogens with one attached hydrogen (secondary N) is 1. The van der Waals surface area contributed by atoms with Gasteiger partial charge < -0.3 is 16.0 Å². The summed E-state index contributed by atoms with van der Waals surface area (Å²) in [7, 11) is 0. The standard InChI is InChI=1S/C30H45N3O/c1-2-21-32-22-14-6-4-3-5-7-15-23-33-24-20-28(25-33)30(29(31)34,26-16-10-8-11-17-26)27-18-12-9-13-19-27/h8-13,16-19,28,32H,2-7,14-15,20-25H2,1H3,(H2,31,34). The number of benzene rings is 2. The SMILES string of the molecule is CCCNCCCCCCCCCN1CCC(C(C(N)=O)(c2ccccc2)c2ccccc2)C1. The summed E-state index contributed by atoms with van der Waals surface area (Å²) in [5.41, 5.74) is 7.48. The van der Waals surface area contributed by atoms with Crippen LogP contribution >= 0.6 is 0 Å². The van der Waals surface area contributed by atoms with Crippen LogP contribution in [0.25, 0.3) is 0 Å². The summed E-state index contributed by atoms with van der Waals surface area (Å²) in [4.78, 5) is 15.7. The van der Waals surface area contributed by atoms with Gasteiger partial charge in [0.15, 0.2) is 0 Å². The normalized spacial score (nSPS) is 16.7. The quantitative estimate of drug-likeness (QED) is 0.323. The molecule has 1 aliphatic rings. The predicted molar refractivity (Wildman–Crippen MR) is 143 cm³/mol. The first-order valence-electron chi connectivity index (χ1n) is 13.5. The van der Waals surface area contributed by atoms with E-state index in [2.05, 4.69) is 41.4 Å². The lowest BCUT2D eigenvalue weighted by Crippen LogP contribution is -2.49. The number of primary amides is 1. The van der Waals surface area contributed by atoms with E-state index in [1.54, 1.807) is 0 Å². The molecule has 1 aliphatic heterocycles. The van der Waals surface area contributed by atoms with Crippen LogP contribution in [0.15, 0.2) is 60.7 Å². The third-order valence-electron chi connectivity index (χ3n) is 7.49. The molecule has 4 heteroatoms. The van der Waals surface area contributed by atoms with E-state index in [4.69, 9.17) is 5.73 Å². The molecule has 1 fully saturated rings. The van der Waals surface area contributed by atoms with Crippen LogP contribution in [0.1, 0.15) is 75.8 Å². The number of rotatable bonds is 16. The van der Waals surface area contributed by atoms with Gasteiger partial charge in [-0.2, -0.15) is 0 Å². The van der Waals surface area contributed by atoms with Crippen LogP contribution in [-0.2, 0) is 10.2 Å². The first-order chi connectivity index (χ1) is 16.7. The average molecular weight is 464 g/mol. The van der Waals surface area contributed by atoms with Crippen LogP contribution in [0.3, 0.4) is 0 Å². The third-order valence-corrected chi connectivity index (χ3v) is 7.49. The number of hydrogen-bond acceptors (Lipinski definition) is 3. The van der Waals surface area contributed by atoms with Gasteiger partial charge in [0, 0.05) is 6.54 Å². The summed E-state index contributed by atoms with van der Waals surface area (Å²) < 4.78 is 0. The van der Waals surface area contributed by atoms with E-state index in [-0.39, 0.29) is 11.8 Å². The van der Waals surface area contributed by atoms with E-state index in [1.165, 1.54) is 57.9 Å². The second-order valence-electron chi connectivity index (χ2n) is 9.92. The second kappa shape index (κ2) is 14.3. The lowest BCUT2D eigenvalue weighted by atomic mass is 9.64. The Balaban J connectivity index is 1.50. The van der Waals surface area contributed by atoms with E-state index in [1.807, 2.05) is 36.4 Å². The molecule has 1 saturated heterocycles. The van der Waals surface area contributed by atoms with Crippen molar-refractivity contribution in [2.45, 2.75) is 70.1 Å². The lowest BCUT2D eigenvalue weighted by molar-refractivity contribution is -0.123. The van der Waals surface area contributed by atoms with Crippen molar-refractivity contribution in [1.29, 1.82) is 0 Å². The molecule has 0 bridgehead atoms. The fourth-order valence-electron chi connectivity index (χ4n) is 5.69. The Morgan fingerprint density at radius 2 is 1.44 bits per heavy atom. The molecule has 1 atom stereocenters. The topological polar surface area (TPSA) is 58.4 Å². The average Bonchev–Trinajstić information content (AvgIpc) is 3.33. The van der Waals surface area contributed by atoms with E-state index in [9.17, 15) is 4.79 Å². The molecule has 3 rings (SSSR count). The number of carbonyl (C=O) groups excluding carboxylic acids is 1. The maximum Gasteiger partial charge on any atom is 0.232 e. The van der Waals surface area contributed by atoms with Crippen molar-refractivity contribution in [2.24, 2.45) is 11.7 Å². The van der Waals surface area contributed by atoms with Gasteiger partial charge in [-0.1, -0.05) is 99.7 Å². The Kier molecular flexibility index (Phi) is 11.1.